The SMILES string of the molecule is CCCCCN(N=O)c1ccc(-c2ccccc2)cc1. The third kappa shape index (κ3) is 3.67. The molecule has 0 unspecified atom stereocenters. The molecule has 0 heterocycles. The van der Waals surface area contributed by atoms with E-state index in [2.05, 4.69) is 24.3 Å². The van der Waals surface area contributed by atoms with Crippen LogP contribution in [0.5, 0.6) is 0 Å². The second kappa shape index (κ2) is 7.43. The van der Waals surface area contributed by atoms with Crippen LogP contribution in [0, 0.1) is 4.91 Å². The number of nitroso groups, excluding NO2 is 1. The number of hydrogen-bond acceptors (Lipinski definition) is 2. The van der Waals surface area contributed by atoms with Gasteiger partial charge < -0.3 is 0 Å². The molecule has 0 radical (unpaired) electrons. The quantitative estimate of drug-likeness (QED) is 0.400. The molecule has 20 heavy (non-hydrogen) atoms. The average molecular weight is 268 g/mol. The summed E-state index contributed by atoms with van der Waals surface area (Å²) in [5, 5.41) is 4.65. The highest BCUT2D eigenvalue weighted by Gasteiger charge is 2.06. The van der Waals surface area contributed by atoms with Gasteiger partial charge in [-0.2, -0.15) is 0 Å². The molecule has 0 aliphatic rings. The van der Waals surface area contributed by atoms with E-state index in [-0.39, 0.29) is 0 Å². The molecule has 0 atom stereocenters. The van der Waals surface area contributed by atoms with Crippen molar-refractivity contribution in [1.82, 2.24) is 0 Å². The maximum Gasteiger partial charge on any atom is 0.0626 e. The van der Waals surface area contributed by atoms with Crippen LogP contribution in [0.3, 0.4) is 0 Å². The first-order valence-corrected chi connectivity index (χ1v) is 7.11. The van der Waals surface area contributed by atoms with Crippen molar-refractivity contribution in [2.75, 3.05) is 11.6 Å². The fourth-order valence-corrected chi connectivity index (χ4v) is 2.19. The topological polar surface area (TPSA) is 32.7 Å². The third-order valence-electron chi connectivity index (χ3n) is 3.34. The summed E-state index contributed by atoms with van der Waals surface area (Å²) in [5.74, 6) is 0. The van der Waals surface area contributed by atoms with Gasteiger partial charge in [-0.05, 0) is 29.7 Å². The predicted octanol–water partition coefficient (Wildman–Crippen LogP) is 5.03. The molecule has 0 saturated carbocycles. The fourth-order valence-electron chi connectivity index (χ4n) is 2.19. The molecule has 2 rings (SSSR count). The minimum Gasteiger partial charge on any atom is -0.229 e. The minimum atomic E-state index is 0.683. The van der Waals surface area contributed by atoms with Crippen molar-refractivity contribution < 1.29 is 0 Å². The van der Waals surface area contributed by atoms with E-state index in [1.165, 1.54) is 10.6 Å². The molecule has 0 saturated heterocycles. The average Bonchev–Trinajstić information content (AvgIpc) is 2.53. The number of unbranched alkanes of at least 4 members (excludes halogenated alkanes) is 2. The van der Waals surface area contributed by atoms with Gasteiger partial charge in [-0.1, -0.05) is 62.2 Å². The summed E-state index contributed by atoms with van der Waals surface area (Å²) < 4.78 is 0. The van der Waals surface area contributed by atoms with Crippen LogP contribution in [0.15, 0.2) is 59.9 Å². The van der Waals surface area contributed by atoms with Crippen molar-refractivity contribution in [2.45, 2.75) is 26.2 Å². The van der Waals surface area contributed by atoms with Crippen molar-refractivity contribution in [2.24, 2.45) is 5.29 Å². The predicted molar refractivity (Wildman–Crippen MR) is 84.5 cm³/mol. The van der Waals surface area contributed by atoms with E-state index in [9.17, 15) is 4.91 Å². The van der Waals surface area contributed by atoms with E-state index in [0.29, 0.717) is 6.54 Å². The van der Waals surface area contributed by atoms with E-state index in [1.807, 2.05) is 42.5 Å². The Hall–Kier alpha value is -2.16. The van der Waals surface area contributed by atoms with Crippen LogP contribution < -0.4 is 5.01 Å². The first kappa shape index (κ1) is 14.3. The molecular formula is C17H20N2O. The van der Waals surface area contributed by atoms with Crippen molar-refractivity contribution in [3.8, 4) is 11.1 Å². The molecule has 3 heteroatoms. The summed E-state index contributed by atoms with van der Waals surface area (Å²) in [6, 6.07) is 18.2. The van der Waals surface area contributed by atoms with Gasteiger partial charge in [0.25, 0.3) is 0 Å². The van der Waals surface area contributed by atoms with Crippen LogP contribution in [0.4, 0.5) is 5.69 Å². The maximum absolute atomic E-state index is 10.9. The Bertz CT molecular complexity index is 522. The van der Waals surface area contributed by atoms with Crippen molar-refractivity contribution in [1.29, 1.82) is 0 Å². The summed E-state index contributed by atoms with van der Waals surface area (Å²) in [7, 11) is 0. The molecule has 0 bridgehead atoms. The van der Waals surface area contributed by atoms with E-state index in [1.54, 1.807) is 0 Å². The monoisotopic (exact) mass is 268 g/mol. The summed E-state index contributed by atoms with van der Waals surface area (Å²) in [5.41, 5.74) is 3.18. The molecule has 0 aliphatic heterocycles. The molecule has 104 valence electrons. The van der Waals surface area contributed by atoms with Gasteiger partial charge in [0.05, 0.1) is 11.0 Å². The highest BCUT2D eigenvalue weighted by molar-refractivity contribution is 5.66. The molecule has 0 N–H and O–H groups in total. The largest absolute Gasteiger partial charge is 0.229 e. The molecule has 2 aromatic rings. The van der Waals surface area contributed by atoms with Gasteiger partial charge in [0.15, 0.2) is 0 Å². The minimum absolute atomic E-state index is 0.683. The Morgan fingerprint density at radius 2 is 1.55 bits per heavy atom. The van der Waals surface area contributed by atoms with Gasteiger partial charge in [-0.25, -0.2) is 5.01 Å². The van der Waals surface area contributed by atoms with Gasteiger partial charge >= 0.3 is 0 Å². The van der Waals surface area contributed by atoms with Gasteiger partial charge in [0, 0.05) is 6.54 Å². The molecule has 2 aromatic carbocycles. The lowest BCUT2D eigenvalue weighted by molar-refractivity contribution is 0.687. The second-order valence-corrected chi connectivity index (χ2v) is 4.82. The molecular weight excluding hydrogens is 248 g/mol. The van der Waals surface area contributed by atoms with Crippen molar-refractivity contribution in [3.63, 3.8) is 0 Å². The highest BCUT2D eigenvalue weighted by atomic mass is 16.3. The van der Waals surface area contributed by atoms with E-state index >= 15 is 0 Å². The van der Waals surface area contributed by atoms with Crippen molar-refractivity contribution in [3.05, 3.63) is 59.5 Å². The second-order valence-electron chi connectivity index (χ2n) is 4.82. The molecule has 0 fully saturated rings. The first-order valence-electron chi connectivity index (χ1n) is 7.11. The Morgan fingerprint density at radius 1 is 0.900 bits per heavy atom. The van der Waals surface area contributed by atoms with Gasteiger partial charge in [0.1, 0.15) is 0 Å². The van der Waals surface area contributed by atoms with Gasteiger partial charge in [-0.15, -0.1) is 4.91 Å². The van der Waals surface area contributed by atoms with Crippen LogP contribution in [0.2, 0.25) is 0 Å². The first-order chi connectivity index (χ1) is 9.85. The Kier molecular flexibility index (Phi) is 5.30. The van der Waals surface area contributed by atoms with Gasteiger partial charge in [0.2, 0.25) is 0 Å². The number of hydrogen-bond donors (Lipinski definition) is 0. The van der Waals surface area contributed by atoms with Crippen LogP contribution in [-0.4, -0.2) is 6.54 Å². The van der Waals surface area contributed by atoms with E-state index in [0.717, 1.165) is 30.5 Å². The number of benzene rings is 2. The Morgan fingerprint density at radius 3 is 2.15 bits per heavy atom. The normalized spacial score (nSPS) is 10.2. The summed E-state index contributed by atoms with van der Waals surface area (Å²) in [6.45, 7) is 2.83. The molecule has 0 aromatic heterocycles. The number of nitrogens with zero attached hydrogens (tertiary/aromatic N) is 2. The summed E-state index contributed by atoms with van der Waals surface area (Å²) in [6.07, 6.45) is 3.25. The number of rotatable bonds is 7. The fraction of sp³-hybridized carbons (Fsp3) is 0.294. The smallest absolute Gasteiger partial charge is 0.0626 e. The standard InChI is InChI=1S/C17H20N2O/c1-2-3-7-14-19(18-20)17-12-10-16(11-13-17)15-8-5-4-6-9-15/h4-6,8-13H,2-3,7,14H2,1H3. The van der Waals surface area contributed by atoms with Crippen LogP contribution in [-0.2, 0) is 0 Å². The highest BCUT2D eigenvalue weighted by Crippen LogP contribution is 2.23. The van der Waals surface area contributed by atoms with E-state index < -0.39 is 0 Å². The Balaban J connectivity index is 2.08. The molecule has 0 aliphatic carbocycles. The summed E-state index contributed by atoms with van der Waals surface area (Å²) >= 11 is 0. The van der Waals surface area contributed by atoms with Crippen LogP contribution in [0.1, 0.15) is 26.2 Å². The molecule has 3 nitrogen and oxygen atoms in total. The molecule has 0 spiro atoms. The van der Waals surface area contributed by atoms with E-state index in [4.69, 9.17) is 0 Å². The Labute approximate surface area is 120 Å². The lowest BCUT2D eigenvalue weighted by atomic mass is 10.1. The van der Waals surface area contributed by atoms with Gasteiger partial charge in [-0.3, -0.25) is 0 Å². The lowest BCUT2D eigenvalue weighted by Gasteiger charge is -2.15. The lowest BCUT2D eigenvalue weighted by Crippen LogP contribution is -2.16. The zero-order chi connectivity index (χ0) is 14.2. The maximum atomic E-state index is 10.9. The third-order valence-corrected chi connectivity index (χ3v) is 3.34. The zero-order valence-corrected chi connectivity index (χ0v) is 11.8. The molecule has 0 amide bonds. The van der Waals surface area contributed by atoms with Crippen LogP contribution >= 0.6 is 0 Å². The summed E-state index contributed by atoms with van der Waals surface area (Å²) in [4.78, 5) is 10.9. The number of anilines is 1. The van der Waals surface area contributed by atoms with Crippen molar-refractivity contribution >= 4 is 5.69 Å². The zero-order valence-electron chi connectivity index (χ0n) is 11.8. The van der Waals surface area contributed by atoms with Crippen LogP contribution in [0.25, 0.3) is 11.1 Å².